The normalized spacial score (nSPS) is 20.0. The molecule has 0 radical (unpaired) electrons. The highest BCUT2D eigenvalue weighted by molar-refractivity contribution is 5.87. The summed E-state index contributed by atoms with van der Waals surface area (Å²) >= 11 is 0. The van der Waals surface area contributed by atoms with Gasteiger partial charge < -0.3 is 10.4 Å². The highest BCUT2D eigenvalue weighted by Gasteiger charge is 2.17. The molecule has 0 spiro atoms. The van der Waals surface area contributed by atoms with E-state index in [4.69, 9.17) is 5.11 Å². The predicted octanol–water partition coefficient (Wildman–Crippen LogP) is 1.57. The Labute approximate surface area is 108 Å². The maximum atomic E-state index is 10.8. The number of aromatic carboxylic acids is 1. The molecule has 0 saturated carbocycles. The molecule has 4 heteroatoms. The lowest BCUT2D eigenvalue weighted by Crippen LogP contribution is -2.43. The van der Waals surface area contributed by atoms with E-state index in [1.165, 1.54) is 12.8 Å². The number of likely N-dealkylation sites (N-methyl/N-ethyl adjacent to an activating group) is 1. The molecule has 0 aromatic heterocycles. The van der Waals surface area contributed by atoms with Gasteiger partial charge in [-0.05, 0) is 44.1 Å². The third-order valence-electron chi connectivity index (χ3n) is 3.53. The van der Waals surface area contributed by atoms with Crippen molar-refractivity contribution in [3.63, 3.8) is 0 Å². The third-order valence-corrected chi connectivity index (χ3v) is 3.53. The summed E-state index contributed by atoms with van der Waals surface area (Å²) in [7, 11) is 2.13. The number of carboxylic acids is 1. The lowest BCUT2D eigenvalue weighted by atomic mass is 10.1. The number of rotatable bonds is 4. The van der Waals surface area contributed by atoms with E-state index < -0.39 is 5.97 Å². The van der Waals surface area contributed by atoms with Crippen LogP contribution >= 0.6 is 0 Å². The van der Waals surface area contributed by atoms with Gasteiger partial charge in [0, 0.05) is 19.1 Å². The Bertz CT molecular complexity index is 397. The first kappa shape index (κ1) is 13.1. The molecule has 1 saturated heterocycles. The smallest absolute Gasteiger partial charge is 0.335 e. The van der Waals surface area contributed by atoms with E-state index in [2.05, 4.69) is 17.3 Å². The van der Waals surface area contributed by atoms with Gasteiger partial charge in [-0.15, -0.1) is 0 Å². The zero-order chi connectivity index (χ0) is 13.0. The Morgan fingerprint density at radius 1 is 1.44 bits per heavy atom. The summed E-state index contributed by atoms with van der Waals surface area (Å²) in [5, 5.41) is 12.2. The monoisotopic (exact) mass is 248 g/mol. The number of piperidine rings is 1. The maximum absolute atomic E-state index is 10.8. The fraction of sp³-hybridized carbons (Fsp3) is 0.500. The fourth-order valence-corrected chi connectivity index (χ4v) is 2.38. The van der Waals surface area contributed by atoms with Gasteiger partial charge in [0.25, 0.3) is 0 Å². The number of hydrogen-bond donors (Lipinski definition) is 2. The standard InChI is InChI=1S/C14H20N2O2/c1-16(13-3-2-8-15-9-13)10-11-4-6-12(7-5-11)14(17)18/h4-7,13,15H,2-3,8-10H2,1H3,(H,17,18). The van der Waals surface area contributed by atoms with Crippen LogP contribution in [0.5, 0.6) is 0 Å². The molecule has 1 aliphatic rings. The number of hydrogen-bond acceptors (Lipinski definition) is 3. The van der Waals surface area contributed by atoms with Crippen LogP contribution in [0.3, 0.4) is 0 Å². The van der Waals surface area contributed by atoms with E-state index in [0.29, 0.717) is 11.6 Å². The highest BCUT2D eigenvalue weighted by atomic mass is 16.4. The van der Waals surface area contributed by atoms with E-state index in [1.54, 1.807) is 12.1 Å². The van der Waals surface area contributed by atoms with Crippen molar-refractivity contribution in [2.24, 2.45) is 0 Å². The molecule has 2 N–H and O–H groups in total. The Kier molecular flexibility index (Phi) is 4.33. The molecule has 1 aliphatic heterocycles. The first-order chi connectivity index (χ1) is 8.66. The van der Waals surface area contributed by atoms with E-state index in [-0.39, 0.29) is 0 Å². The molecule has 18 heavy (non-hydrogen) atoms. The second-order valence-corrected chi connectivity index (χ2v) is 4.92. The Morgan fingerprint density at radius 3 is 2.72 bits per heavy atom. The highest BCUT2D eigenvalue weighted by Crippen LogP contribution is 2.13. The van der Waals surface area contributed by atoms with Crippen LogP contribution in [0.2, 0.25) is 0 Å². The van der Waals surface area contributed by atoms with Gasteiger partial charge in [-0.3, -0.25) is 4.90 Å². The van der Waals surface area contributed by atoms with Crippen molar-refractivity contribution < 1.29 is 9.90 Å². The van der Waals surface area contributed by atoms with Crippen LogP contribution in [-0.4, -0.2) is 42.2 Å². The Balaban J connectivity index is 1.93. The zero-order valence-corrected chi connectivity index (χ0v) is 10.7. The van der Waals surface area contributed by atoms with E-state index in [0.717, 1.165) is 25.2 Å². The molecule has 1 heterocycles. The number of carboxylic acid groups (broad SMARTS) is 1. The summed E-state index contributed by atoms with van der Waals surface area (Å²) in [5.74, 6) is -0.869. The SMILES string of the molecule is CN(Cc1ccc(C(=O)O)cc1)C1CCCNC1. The molecule has 4 nitrogen and oxygen atoms in total. The number of nitrogens with one attached hydrogen (secondary N) is 1. The van der Waals surface area contributed by atoms with Crippen LogP contribution in [0.4, 0.5) is 0 Å². The lowest BCUT2D eigenvalue weighted by molar-refractivity contribution is 0.0697. The van der Waals surface area contributed by atoms with Crippen LogP contribution in [0, 0.1) is 0 Å². The molecule has 0 bridgehead atoms. The molecule has 1 fully saturated rings. The predicted molar refractivity (Wildman–Crippen MR) is 70.8 cm³/mol. The van der Waals surface area contributed by atoms with Crippen molar-refractivity contribution in [2.45, 2.75) is 25.4 Å². The molecule has 1 unspecified atom stereocenters. The summed E-state index contributed by atoms with van der Waals surface area (Å²) in [6, 6.07) is 7.72. The van der Waals surface area contributed by atoms with Gasteiger partial charge in [-0.2, -0.15) is 0 Å². The summed E-state index contributed by atoms with van der Waals surface area (Å²) < 4.78 is 0. The quantitative estimate of drug-likeness (QED) is 0.849. The van der Waals surface area contributed by atoms with E-state index in [1.807, 2.05) is 12.1 Å². The lowest BCUT2D eigenvalue weighted by Gasteiger charge is -2.31. The molecule has 2 rings (SSSR count). The topological polar surface area (TPSA) is 52.6 Å². The molecule has 1 aromatic carbocycles. The van der Waals surface area contributed by atoms with Gasteiger partial charge in [0.05, 0.1) is 5.56 Å². The van der Waals surface area contributed by atoms with Crippen molar-refractivity contribution in [3.8, 4) is 0 Å². The molecular formula is C14H20N2O2. The van der Waals surface area contributed by atoms with Crippen LogP contribution in [0.15, 0.2) is 24.3 Å². The van der Waals surface area contributed by atoms with Crippen LogP contribution < -0.4 is 5.32 Å². The summed E-state index contributed by atoms with van der Waals surface area (Å²) in [4.78, 5) is 13.1. The summed E-state index contributed by atoms with van der Waals surface area (Å²) in [6.07, 6.45) is 2.46. The van der Waals surface area contributed by atoms with Crippen molar-refractivity contribution in [2.75, 3.05) is 20.1 Å². The average Bonchev–Trinajstić information content (AvgIpc) is 2.40. The largest absolute Gasteiger partial charge is 0.478 e. The van der Waals surface area contributed by atoms with Crippen molar-refractivity contribution in [3.05, 3.63) is 35.4 Å². The molecular weight excluding hydrogens is 228 g/mol. The molecule has 1 atom stereocenters. The molecule has 98 valence electrons. The number of nitrogens with zero attached hydrogens (tertiary/aromatic N) is 1. The Hall–Kier alpha value is -1.39. The first-order valence-electron chi connectivity index (χ1n) is 6.40. The molecule has 0 amide bonds. The minimum absolute atomic E-state index is 0.348. The number of benzene rings is 1. The van der Waals surface area contributed by atoms with Gasteiger partial charge >= 0.3 is 5.97 Å². The third kappa shape index (κ3) is 3.31. The van der Waals surface area contributed by atoms with Crippen LogP contribution in [-0.2, 0) is 6.54 Å². The zero-order valence-electron chi connectivity index (χ0n) is 10.7. The minimum Gasteiger partial charge on any atom is -0.478 e. The van der Waals surface area contributed by atoms with E-state index in [9.17, 15) is 4.79 Å². The van der Waals surface area contributed by atoms with Gasteiger partial charge in [0.2, 0.25) is 0 Å². The van der Waals surface area contributed by atoms with Gasteiger partial charge in [0.1, 0.15) is 0 Å². The number of carbonyl (C=O) groups is 1. The van der Waals surface area contributed by atoms with Crippen LogP contribution in [0.1, 0.15) is 28.8 Å². The average molecular weight is 248 g/mol. The Morgan fingerprint density at radius 2 is 2.17 bits per heavy atom. The second-order valence-electron chi connectivity index (χ2n) is 4.92. The van der Waals surface area contributed by atoms with Crippen LogP contribution in [0.25, 0.3) is 0 Å². The second kappa shape index (κ2) is 5.98. The van der Waals surface area contributed by atoms with E-state index >= 15 is 0 Å². The van der Waals surface area contributed by atoms with Crippen molar-refractivity contribution in [1.29, 1.82) is 0 Å². The van der Waals surface area contributed by atoms with Crippen molar-refractivity contribution >= 4 is 5.97 Å². The van der Waals surface area contributed by atoms with Crippen molar-refractivity contribution in [1.82, 2.24) is 10.2 Å². The minimum atomic E-state index is -0.869. The van der Waals surface area contributed by atoms with Gasteiger partial charge in [-0.1, -0.05) is 12.1 Å². The molecule has 0 aliphatic carbocycles. The fourth-order valence-electron chi connectivity index (χ4n) is 2.38. The summed E-state index contributed by atoms with van der Waals surface area (Å²) in [5.41, 5.74) is 1.51. The summed E-state index contributed by atoms with van der Waals surface area (Å²) in [6.45, 7) is 3.04. The van der Waals surface area contributed by atoms with Gasteiger partial charge in [0.15, 0.2) is 0 Å². The maximum Gasteiger partial charge on any atom is 0.335 e. The van der Waals surface area contributed by atoms with Gasteiger partial charge in [-0.25, -0.2) is 4.79 Å². The first-order valence-corrected chi connectivity index (χ1v) is 6.40. The molecule has 1 aromatic rings.